The van der Waals surface area contributed by atoms with Crippen LogP contribution < -0.4 is 10.5 Å². The van der Waals surface area contributed by atoms with Crippen molar-refractivity contribution in [2.45, 2.75) is 13.0 Å². The molecule has 106 valence electrons. The van der Waals surface area contributed by atoms with Gasteiger partial charge in [-0.15, -0.1) is 0 Å². The van der Waals surface area contributed by atoms with Gasteiger partial charge < -0.3 is 20.1 Å². The molecule has 0 spiro atoms. The molecule has 0 bridgehead atoms. The molecular formula is C15H18N2O3. The Morgan fingerprint density at radius 1 is 1.40 bits per heavy atom. The average molecular weight is 274 g/mol. The van der Waals surface area contributed by atoms with Crippen molar-refractivity contribution in [1.82, 2.24) is 5.16 Å². The lowest BCUT2D eigenvalue weighted by Gasteiger charge is -2.12. The highest BCUT2D eigenvalue weighted by atomic mass is 16.5. The van der Waals surface area contributed by atoms with E-state index in [1.165, 1.54) is 0 Å². The minimum Gasteiger partial charge on any atom is -0.490 e. The first-order valence-corrected chi connectivity index (χ1v) is 6.40. The number of ether oxygens (including phenoxy) is 1. The van der Waals surface area contributed by atoms with E-state index < -0.39 is 6.10 Å². The summed E-state index contributed by atoms with van der Waals surface area (Å²) in [6, 6.07) is 9.40. The van der Waals surface area contributed by atoms with Crippen molar-refractivity contribution >= 4 is 12.2 Å². The number of nitrogens with two attached hydrogens (primary N) is 1. The minimum absolute atomic E-state index is 0.169. The zero-order chi connectivity index (χ0) is 14.4. The summed E-state index contributed by atoms with van der Waals surface area (Å²) >= 11 is 0. The zero-order valence-corrected chi connectivity index (χ0v) is 11.3. The Morgan fingerprint density at radius 2 is 2.20 bits per heavy atom. The first kappa shape index (κ1) is 14.3. The summed E-state index contributed by atoms with van der Waals surface area (Å²) in [4.78, 5) is 0. The Kier molecular flexibility index (Phi) is 4.92. The first-order chi connectivity index (χ1) is 9.69. The fourth-order valence-corrected chi connectivity index (χ4v) is 1.64. The van der Waals surface area contributed by atoms with Crippen LogP contribution in [0.3, 0.4) is 0 Å². The maximum atomic E-state index is 9.43. The highest BCUT2D eigenvalue weighted by Crippen LogP contribution is 2.21. The van der Waals surface area contributed by atoms with Crippen LogP contribution in [0, 0.1) is 6.92 Å². The number of hydrogen-bond donors (Lipinski definition) is 2. The molecule has 20 heavy (non-hydrogen) atoms. The third kappa shape index (κ3) is 3.94. The number of para-hydroxylation sites is 1. The zero-order valence-electron chi connectivity index (χ0n) is 11.3. The summed E-state index contributed by atoms with van der Waals surface area (Å²) in [6.07, 6.45) is 3.04. The molecular weight excluding hydrogens is 256 g/mol. The molecule has 0 amide bonds. The van der Waals surface area contributed by atoms with E-state index in [0.717, 1.165) is 11.3 Å². The number of aliphatic hydroxyl groups excluding tert-OH is 1. The Morgan fingerprint density at radius 3 is 2.90 bits per heavy atom. The summed E-state index contributed by atoms with van der Waals surface area (Å²) in [5.74, 6) is 1.37. The van der Waals surface area contributed by atoms with Crippen LogP contribution in [0.5, 0.6) is 5.75 Å². The third-order valence-corrected chi connectivity index (χ3v) is 2.70. The second kappa shape index (κ2) is 6.88. The molecule has 0 aliphatic rings. The van der Waals surface area contributed by atoms with Crippen LogP contribution in [-0.4, -0.2) is 29.5 Å². The average Bonchev–Trinajstić information content (AvgIpc) is 2.89. The van der Waals surface area contributed by atoms with Crippen molar-refractivity contribution in [3.63, 3.8) is 0 Å². The van der Waals surface area contributed by atoms with Gasteiger partial charge in [-0.25, -0.2) is 0 Å². The van der Waals surface area contributed by atoms with E-state index in [1.807, 2.05) is 49.4 Å². The van der Waals surface area contributed by atoms with E-state index in [0.29, 0.717) is 11.5 Å². The second-order valence-electron chi connectivity index (χ2n) is 4.44. The van der Waals surface area contributed by atoms with Gasteiger partial charge in [0.05, 0.1) is 5.69 Å². The predicted molar refractivity (Wildman–Crippen MR) is 77.2 cm³/mol. The number of aromatic nitrogens is 1. The van der Waals surface area contributed by atoms with Crippen LogP contribution in [-0.2, 0) is 0 Å². The summed E-state index contributed by atoms with van der Waals surface area (Å²) < 4.78 is 10.7. The number of nitrogens with zero attached hydrogens (tertiary/aromatic N) is 1. The van der Waals surface area contributed by atoms with E-state index in [1.54, 1.807) is 0 Å². The summed E-state index contributed by atoms with van der Waals surface area (Å²) in [5, 5.41) is 13.2. The standard InChI is InChI=1S/C15H18N2O3/c1-11-8-14(20-17-11)7-6-12-4-2-3-5-15(12)19-10-13(18)9-16/h2-8,13,18H,9-10,16H2,1H3/b7-6+. The predicted octanol–water partition coefficient (Wildman–Crippen LogP) is 1.85. The van der Waals surface area contributed by atoms with Crippen LogP contribution in [0.25, 0.3) is 12.2 Å². The van der Waals surface area contributed by atoms with Gasteiger partial charge in [0.25, 0.3) is 0 Å². The van der Waals surface area contributed by atoms with Gasteiger partial charge in [0.1, 0.15) is 18.5 Å². The van der Waals surface area contributed by atoms with Gasteiger partial charge in [-0.05, 0) is 25.1 Å². The van der Waals surface area contributed by atoms with Crippen molar-refractivity contribution in [3.05, 3.63) is 47.3 Å². The number of hydrogen-bond acceptors (Lipinski definition) is 5. The monoisotopic (exact) mass is 274 g/mol. The topological polar surface area (TPSA) is 81.5 Å². The highest BCUT2D eigenvalue weighted by Gasteiger charge is 2.05. The van der Waals surface area contributed by atoms with Gasteiger partial charge in [-0.3, -0.25) is 0 Å². The van der Waals surface area contributed by atoms with Gasteiger partial charge in [0.2, 0.25) is 0 Å². The summed E-state index contributed by atoms with van der Waals surface area (Å²) in [5.41, 5.74) is 7.08. The molecule has 1 unspecified atom stereocenters. The molecule has 5 heteroatoms. The second-order valence-corrected chi connectivity index (χ2v) is 4.44. The van der Waals surface area contributed by atoms with Crippen LogP contribution in [0.1, 0.15) is 17.0 Å². The lowest BCUT2D eigenvalue weighted by atomic mass is 10.2. The maximum Gasteiger partial charge on any atom is 0.159 e. The van der Waals surface area contributed by atoms with Crippen molar-refractivity contribution in [2.24, 2.45) is 5.73 Å². The first-order valence-electron chi connectivity index (χ1n) is 6.40. The summed E-state index contributed by atoms with van der Waals surface area (Å²) in [7, 11) is 0. The van der Waals surface area contributed by atoms with E-state index >= 15 is 0 Å². The van der Waals surface area contributed by atoms with Crippen LogP contribution in [0.2, 0.25) is 0 Å². The maximum absolute atomic E-state index is 9.43. The molecule has 0 aliphatic heterocycles. The molecule has 0 radical (unpaired) electrons. The molecule has 0 aliphatic carbocycles. The quantitative estimate of drug-likeness (QED) is 0.840. The van der Waals surface area contributed by atoms with E-state index in [2.05, 4.69) is 5.16 Å². The Labute approximate surface area is 117 Å². The van der Waals surface area contributed by atoms with Gasteiger partial charge in [0.15, 0.2) is 5.76 Å². The smallest absolute Gasteiger partial charge is 0.159 e. The number of rotatable bonds is 6. The van der Waals surface area contributed by atoms with E-state index in [4.69, 9.17) is 15.0 Å². The molecule has 0 saturated carbocycles. The lowest BCUT2D eigenvalue weighted by Crippen LogP contribution is -2.26. The largest absolute Gasteiger partial charge is 0.490 e. The molecule has 1 heterocycles. The van der Waals surface area contributed by atoms with Gasteiger partial charge in [-0.2, -0.15) is 0 Å². The SMILES string of the molecule is Cc1cc(/C=C/c2ccccc2OCC(O)CN)on1. The van der Waals surface area contributed by atoms with Crippen molar-refractivity contribution < 1.29 is 14.4 Å². The van der Waals surface area contributed by atoms with E-state index in [9.17, 15) is 5.11 Å². The molecule has 3 N–H and O–H groups in total. The Bertz CT molecular complexity index is 578. The number of aryl methyl sites for hydroxylation is 1. The lowest BCUT2D eigenvalue weighted by molar-refractivity contribution is 0.114. The van der Waals surface area contributed by atoms with Crippen LogP contribution >= 0.6 is 0 Å². The fourth-order valence-electron chi connectivity index (χ4n) is 1.64. The minimum atomic E-state index is -0.663. The van der Waals surface area contributed by atoms with Gasteiger partial charge in [0, 0.05) is 18.2 Å². The summed E-state index contributed by atoms with van der Waals surface area (Å²) in [6.45, 7) is 2.21. The van der Waals surface area contributed by atoms with Crippen LogP contribution in [0.15, 0.2) is 34.9 Å². The molecule has 5 nitrogen and oxygen atoms in total. The van der Waals surface area contributed by atoms with Gasteiger partial charge in [-0.1, -0.05) is 23.4 Å². The molecule has 1 atom stereocenters. The molecule has 0 saturated heterocycles. The molecule has 2 rings (SSSR count). The Balaban J connectivity index is 2.09. The molecule has 2 aromatic rings. The van der Waals surface area contributed by atoms with E-state index in [-0.39, 0.29) is 13.2 Å². The fraction of sp³-hybridized carbons (Fsp3) is 0.267. The highest BCUT2D eigenvalue weighted by molar-refractivity contribution is 5.70. The van der Waals surface area contributed by atoms with Crippen molar-refractivity contribution in [3.8, 4) is 5.75 Å². The number of aliphatic hydroxyl groups is 1. The molecule has 0 fully saturated rings. The van der Waals surface area contributed by atoms with Crippen LogP contribution in [0.4, 0.5) is 0 Å². The third-order valence-electron chi connectivity index (χ3n) is 2.70. The van der Waals surface area contributed by atoms with Crippen molar-refractivity contribution in [1.29, 1.82) is 0 Å². The molecule has 1 aromatic heterocycles. The molecule has 1 aromatic carbocycles. The van der Waals surface area contributed by atoms with Crippen molar-refractivity contribution in [2.75, 3.05) is 13.2 Å². The normalized spacial score (nSPS) is 12.8. The van der Waals surface area contributed by atoms with Gasteiger partial charge >= 0.3 is 0 Å². The number of benzene rings is 1. The Hall–Kier alpha value is -2.11.